The number of likely N-dealkylation sites (tertiary alicyclic amines) is 1. The van der Waals surface area contributed by atoms with E-state index in [1.807, 2.05) is 18.0 Å². The molecule has 0 spiro atoms. The predicted molar refractivity (Wildman–Crippen MR) is 90.7 cm³/mol. The van der Waals surface area contributed by atoms with Crippen LogP contribution in [0.3, 0.4) is 0 Å². The van der Waals surface area contributed by atoms with E-state index in [1.54, 1.807) is 13.3 Å². The second-order valence-corrected chi connectivity index (χ2v) is 5.31. The van der Waals surface area contributed by atoms with Gasteiger partial charge in [-0.3, -0.25) is 4.79 Å². The second-order valence-electron chi connectivity index (χ2n) is 5.31. The van der Waals surface area contributed by atoms with Crippen molar-refractivity contribution >= 4 is 30.7 Å². The van der Waals surface area contributed by atoms with E-state index in [1.165, 1.54) is 0 Å². The van der Waals surface area contributed by atoms with Crippen molar-refractivity contribution in [3.05, 3.63) is 18.2 Å². The fraction of sp³-hybridized carbons (Fsp3) is 0.714. The molecule has 0 bridgehead atoms. The van der Waals surface area contributed by atoms with Crippen molar-refractivity contribution in [2.45, 2.75) is 44.9 Å². The van der Waals surface area contributed by atoms with Crippen molar-refractivity contribution < 1.29 is 9.53 Å². The van der Waals surface area contributed by atoms with Gasteiger partial charge in [-0.1, -0.05) is 0 Å². The Morgan fingerprint density at radius 1 is 1.55 bits per heavy atom. The van der Waals surface area contributed by atoms with Crippen LogP contribution in [-0.4, -0.2) is 52.7 Å². The summed E-state index contributed by atoms with van der Waals surface area (Å²) in [4.78, 5) is 18.6. The molecular formula is C14H26Cl2N4O2. The molecule has 1 aliphatic heterocycles. The van der Waals surface area contributed by atoms with Crippen LogP contribution in [0.5, 0.6) is 0 Å². The summed E-state index contributed by atoms with van der Waals surface area (Å²) in [6.07, 6.45) is 6.05. The van der Waals surface area contributed by atoms with Crippen molar-refractivity contribution in [2.24, 2.45) is 5.73 Å². The average molecular weight is 353 g/mol. The first-order valence-electron chi connectivity index (χ1n) is 7.15. The molecule has 1 aromatic rings. The largest absolute Gasteiger partial charge is 0.380 e. The van der Waals surface area contributed by atoms with Crippen LogP contribution in [0.2, 0.25) is 0 Å². The molecule has 2 unspecified atom stereocenters. The first kappa shape index (κ1) is 21.2. The smallest absolute Gasteiger partial charge is 0.225 e. The van der Waals surface area contributed by atoms with Gasteiger partial charge in [0.15, 0.2) is 0 Å². The Hall–Kier alpha value is -0.820. The van der Waals surface area contributed by atoms with Crippen LogP contribution in [0.1, 0.15) is 25.1 Å². The van der Waals surface area contributed by atoms with Gasteiger partial charge in [0.25, 0.3) is 0 Å². The zero-order valence-corrected chi connectivity index (χ0v) is 14.7. The van der Waals surface area contributed by atoms with Gasteiger partial charge in [0.1, 0.15) is 5.82 Å². The number of carbonyl (C=O) groups excluding carboxylic acids is 1. The summed E-state index contributed by atoms with van der Waals surface area (Å²) < 4.78 is 7.31. The molecule has 0 aliphatic carbocycles. The molecular weight excluding hydrogens is 327 g/mol. The molecule has 0 radical (unpaired) electrons. The highest BCUT2D eigenvalue weighted by molar-refractivity contribution is 5.85. The molecule has 0 saturated carbocycles. The first-order chi connectivity index (χ1) is 9.65. The van der Waals surface area contributed by atoms with E-state index in [-0.39, 0.29) is 42.9 Å². The summed E-state index contributed by atoms with van der Waals surface area (Å²) in [5.74, 6) is 1.13. The number of hydrogen-bond donors (Lipinski definition) is 1. The normalized spacial score (nSPS) is 18.5. The van der Waals surface area contributed by atoms with E-state index >= 15 is 0 Å². The van der Waals surface area contributed by atoms with E-state index in [0.29, 0.717) is 13.0 Å². The second kappa shape index (κ2) is 10.0. The quantitative estimate of drug-likeness (QED) is 0.839. The number of amides is 1. The van der Waals surface area contributed by atoms with Gasteiger partial charge in [-0.05, 0) is 19.8 Å². The summed E-state index contributed by atoms with van der Waals surface area (Å²) in [5.41, 5.74) is 5.59. The van der Waals surface area contributed by atoms with Gasteiger partial charge < -0.3 is 19.9 Å². The van der Waals surface area contributed by atoms with Crippen LogP contribution >= 0.6 is 24.8 Å². The van der Waals surface area contributed by atoms with Crippen molar-refractivity contribution in [1.82, 2.24) is 14.5 Å². The number of nitrogens with zero attached hydrogens (tertiary/aromatic N) is 3. The Kier molecular flexibility index (Phi) is 9.67. The summed E-state index contributed by atoms with van der Waals surface area (Å²) >= 11 is 0. The van der Waals surface area contributed by atoms with E-state index < -0.39 is 0 Å². The highest BCUT2D eigenvalue weighted by Gasteiger charge is 2.30. The van der Waals surface area contributed by atoms with Crippen LogP contribution in [-0.2, 0) is 16.1 Å². The fourth-order valence-corrected chi connectivity index (χ4v) is 2.75. The monoisotopic (exact) mass is 352 g/mol. The molecule has 1 saturated heterocycles. The Labute approximate surface area is 144 Å². The molecule has 6 nitrogen and oxygen atoms in total. The van der Waals surface area contributed by atoms with Gasteiger partial charge in [0.05, 0.1) is 12.5 Å². The number of nitrogens with two attached hydrogens (primary N) is 1. The van der Waals surface area contributed by atoms with Crippen molar-refractivity contribution in [3.63, 3.8) is 0 Å². The number of carbonyl (C=O) groups is 1. The average Bonchev–Trinajstić information content (AvgIpc) is 3.06. The van der Waals surface area contributed by atoms with E-state index in [0.717, 1.165) is 31.8 Å². The number of aromatic nitrogens is 2. The number of methoxy groups -OCH3 is 1. The number of ether oxygens (including phenoxy) is 1. The maximum Gasteiger partial charge on any atom is 0.225 e. The molecule has 1 aliphatic rings. The lowest BCUT2D eigenvalue weighted by Gasteiger charge is -2.27. The molecule has 128 valence electrons. The number of hydrogen-bond acceptors (Lipinski definition) is 4. The number of imidazole rings is 1. The lowest BCUT2D eigenvalue weighted by molar-refractivity contribution is -0.134. The SMILES string of the molecule is COC(CN)CC(=O)N1CCCC1Cn1ccnc1C.Cl.Cl. The Morgan fingerprint density at radius 2 is 2.27 bits per heavy atom. The molecule has 8 heteroatoms. The molecule has 1 amide bonds. The van der Waals surface area contributed by atoms with Gasteiger partial charge >= 0.3 is 0 Å². The number of rotatable bonds is 6. The summed E-state index contributed by atoms with van der Waals surface area (Å²) in [6.45, 7) is 4.01. The molecule has 2 N–H and O–H groups in total. The minimum absolute atomic E-state index is 0. The highest BCUT2D eigenvalue weighted by Crippen LogP contribution is 2.21. The molecule has 0 aromatic carbocycles. The van der Waals surface area contributed by atoms with Crippen molar-refractivity contribution in [3.8, 4) is 0 Å². The van der Waals surface area contributed by atoms with E-state index in [4.69, 9.17) is 10.5 Å². The van der Waals surface area contributed by atoms with Crippen molar-refractivity contribution in [1.29, 1.82) is 0 Å². The number of aryl methyl sites for hydroxylation is 1. The fourth-order valence-electron chi connectivity index (χ4n) is 2.75. The standard InChI is InChI=1S/C14H24N4O2.2ClH/c1-11-16-5-7-17(11)10-12-4-3-6-18(12)14(19)8-13(9-15)20-2;;/h5,7,12-13H,3-4,6,8-10,15H2,1-2H3;2*1H. The molecule has 22 heavy (non-hydrogen) atoms. The molecule has 2 atom stereocenters. The lowest BCUT2D eigenvalue weighted by atomic mass is 10.2. The van der Waals surface area contributed by atoms with Crippen LogP contribution in [0.25, 0.3) is 0 Å². The van der Waals surface area contributed by atoms with E-state index in [9.17, 15) is 4.79 Å². The third-order valence-corrected chi connectivity index (χ3v) is 4.03. The Bertz CT molecular complexity index is 452. The zero-order valence-electron chi connectivity index (χ0n) is 13.1. The van der Waals surface area contributed by atoms with Crippen LogP contribution in [0.15, 0.2) is 12.4 Å². The molecule has 2 rings (SSSR count). The molecule has 1 fully saturated rings. The molecule has 1 aromatic heterocycles. The van der Waals surface area contributed by atoms with Gasteiger partial charge in [0.2, 0.25) is 5.91 Å². The predicted octanol–water partition coefficient (Wildman–Crippen LogP) is 1.39. The minimum atomic E-state index is -0.182. The maximum atomic E-state index is 12.4. The van der Waals surface area contributed by atoms with E-state index in [2.05, 4.69) is 9.55 Å². The van der Waals surface area contributed by atoms with Gasteiger partial charge in [-0.2, -0.15) is 0 Å². The Morgan fingerprint density at radius 3 is 2.82 bits per heavy atom. The zero-order chi connectivity index (χ0) is 14.5. The third kappa shape index (κ3) is 5.12. The van der Waals surface area contributed by atoms with Gasteiger partial charge in [-0.25, -0.2) is 4.98 Å². The first-order valence-corrected chi connectivity index (χ1v) is 7.15. The van der Waals surface area contributed by atoms with Gasteiger partial charge in [0, 0.05) is 45.2 Å². The van der Waals surface area contributed by atoms with Crippen LogP contribution in [0, 0.1) is 6.92 Å². The summed E-state index contributed by atoms with van der Waals surface area (Å²) in [6, 6.07) is 0.255. The maximum absolute atomic E-state index is 12.4. The number of halogens is 2. The third-order valence-electron chi connectivity index (χ3n) is 4.03. The molecule has 2 heterocycles. The van der Waals surface area contributed by atoms with Crippen LogP contribution < -0.4 is 5.73 Å². The van der Waals surface area contributed by atoms with Crippen LogP contribution in [0.4, 0.5) is 0 Å². The Balaban J connectivity index is 0.00000220. The van der Waals surface area contributed by atoms with Gasteiger partial charge in [-0.15, -0.1) is 24.8 Å². The topological polar surface area (TPSA) is 73.4 Å². The lowest BCUT2D eigenvalue weighted by Crippen LogP contribution is -2.40. The highest BCUT2D eigenvalue weighted by atomic mass is 35.5. The van der Waals surface area contributed by atoms with Crippen molar-refractivity contribution in [2.75, 3.05) is 20.2 Å². The summed E-state index contributed by atoms with van der Waals surface area (Å²) in [5, 5.41) is 0. The minimum Gasteiger partial charge on any atom is -0.380 e. The summed E-state index contributed by atoms with van der Waals surface area (Å²) in [7, 11) is 1.60.